The van der Waals surface area contributed by atoms with Crippen molar-refractivity contribution in [2.75, 3.05) is 33.6 Å². The van der Waals surface area contributed by atoms with Crippen molar-refractivity contribution in [3.63, 3.8) is 0 Å². The van der Waals surface area contributed by atoms with Crippen LogP contribution in [-0.4, -0.2) is 57.3 Å². The zero-order chi connectivity index (χ0) is 23.9. The summed E-state index contributed by atoms with van der Waals surface area (Å²) >= 11 is 0. The Kier molecular flexibility index (Phi) is 15.4. The highest BCUT2D eigenvalue weighted by atomic mass is 16.7. The molecule has 1 heterocycles. The van der Waals surface area contributed by atoms with Crippen LogP contribution in [0.4, 0.5) is 0 Å². The molecule has 184 valence electrons. The van der Waals surface area contributed by atoms with Crippen LogP contribution in [0.25, 0.3) is 0 Å². The fourth-order valence-corrected chi connectivity index (χ4v) is 3.27. The molecule has 1 rings (SSSR count). The third-order valence-electron chi connectivity index (χ3n) is 5.05. The SMILES string of the molecule is C=C/C=C(\C=C)CCNC(=O)[C@H](C)[C@@H](OC)[C@@H]1CC(C)CN1.CCOCOC(C)(C)C.[HH].[HH]. The Labute approximate surface area is 193 Å². The molecule has 1 saturated heterocycles. The van der Waals surface area contributed by atoms with Crippen LogP contribution in [0.15, 0.2) is 37.0 Å². The Balaban J connectivity index is -0.000000700. The van der Waals surface area contributed by atoms with Gasteiger partial charge in [-0.3, -0.25) is 4.79 Å². The van der Waals surface area contributed by atoms with Crippen molar-refractivity contribution in [2.24, 2.45) is 11.8 Å². The molecule has 0 bridgehead atoms. The zero-order valence-corrected chi connectivity index (χ0v) is 20.8. The van der Waals surface area contributed by atoms with Gasteiger partial charge in [0.05, 0.1) is 17.6 Å². The van der Waals surface area contributed by atoms with Crippen LogP contribution in [0.2, 0.25) is 0 Å². The van der Waals surface area contributed by atoms with Crippen LogP contribution in [0.5, 0.6) is 0 Å². The van der Waals surface area contributed by atoms with E-state index >= 15 is 0 Å². The highest BCUT2D eigenvalue weighted by Gasteiger charge is 2.34. The second-order valence-corrected chi connectivity index (χ2v) is 8.93. The van der Waals surface area contributed by atoms with Gasteiger partial charge < -0.3 is 24.8 Å². The van der Waals surface area contributed by atoms with Gasteiger partial charge in [-0.15, -0.1) is 0 Å². The lowest BCUT2D eigenvalue weighted by Gasteiger charge is -2.27. The van der Waals surface area contributed by atoms with Gasteiger partial charge in [-0.25, -0.2) is 0 Å². The van der Waals surface area contributed by atoms with Gasteiger partial charge in [-0.1, -0.05) is 45.2 Å². The molecule has 1 fully saturated rings. The maximum absolute atomic E-state index is 12.3. The van der Waals surface area contributed by atoms with Crippen molar-refractivity contribution in [2.45, 2.75) is 72.1 Å². The van der Waals surface area contributed by atoms with Gasteiger partial charge >= 0.3 is 0 Å². The summed E-state index contributed by atoms with van der Waals surface area (Å²) in [6, 6.07) is 0.255. The molecule has 0 saturated carbocycles. The van der Waals surface area contributed by atoms with Gasteiger partial charge in [0.2, 0.25) is 5.91 Å². The van der Waals surface area contributed by atoms with Crippen molar-refractivity contribution < 1.29 is 21.9 Å². The van der Waals surface area contributed by atoms with E-state index in [1.165, 1.54) is 0 Å². The van der Waals surface area contributed by atoms with Crippen LogP contribution in [0.1, 0.15) is 57.2 Å². The predicted molar refractivity (Wildman–Crippen MR) is 133 cm³/mol. The molecule has 6 nitrogen and oxygen atoms in total. The van der Waals surface area contributed by atoms with Crippen LogP contribution in [0, 0.1) is 11.8 Å². The van der Waals surface area contributed by atoms with Gasteiger partial charge in [0, 0.05) is 29.2 Å². The maximum Gasteiger partial charge on any atom is 0.225 e. The number of amides is 1. The summed E-state index contributed by atoms with van der Waals surface area (Å²) < 4.78 is 15.8. The number of hydrogen-bond donors (Lipinski definition) is 2. The van der Waals surface area contributed by atoms with Crippen molar-refractivity contribution in [1.82, 2.24) is 10.6 Å². The average Bonchev–Trinajstić information content (AvgIpc) is 3.13. The van der Waals surface area contributed by atoms with E-state index in [1.807, 2.05) is 40.7 Å². The Morgan fingerprint density at radius 1 is 1.35 bits per heavy atom. The summed E-state index contributed by atoms with van der Waals surface area (Å²) in [5.74, 6) is 0.496. The summed E-state index contributed by atoms with van der Waals surface area (Å²) in [5.41, 5.74) is 0.993. The number of hydrogen-bond acceptors (Lipinski definition) is 5. The number of allylic oxidation sites excluding steroid dienone is 3. The normalized spacial score (nSPS) is 20.9. The minimum atomic E-state index is -0.177. The Morgan fingerprint density at radius 3 is 2.48 bits per heavy atom. The summed E-state index contributed by atoms with van der Waals surface area (Å²) in [4.78, 5) is 12.3. The van der Waals surface area contributed by atoms with E-state index in [4.69, 9.17) is 14.2 Å². The summed E-state index contributed by atoms with van der Waals surface area (Å²) in [5, 5.41) is 6.44. The molecule has 31 heavy (non-hydrogen) atoms. The molecular weight excluding hydrogens is 392 g/mol. The predicted octanol–water partition coefficient (Wildman–Crippen LogP) is 4.73. The minimum absolute atomic E-state index is 0. The Hall–Kier alpha value is -1.47. The van der Waals surface area contributed by atoms with Crippen molar-refractivity contribution in [3.8, 4) is 0 Å². The third kappa shape index (κ3) is 13.5. The first-order valence-electron chi connectivity index (χ1n) is 11.3. The fraction of sp³-hybridized carbons (Fsp3) is 0.720. The molecule has 0 radical (unpaired) electrons. The first kappa shape index (κ1) is 29.5. The zero-order valence-electron chi connectivity index (χ0n) is 20.8. The Morgan fingerprint density at radius 2 is 2.03 bits per heavy atom. The van der Waals surface area contributed by atoms with E-state index in [2.05, 4.69) is 30.7 Å². The van der Waals surface area contributed by atoms with Gasteiger partial charge in [-0.05, 0) is 58.6 Å². The first-order chi connectivity index (χ1) is 14.6. The molecule has 1 aliphatic rings. The van der Waals surface area contributed by atoms with E-state index in [0.717, 1.165) is 31.6 Å². The van der Waals surface area contributed by atoms with Gasteiger partial charge in [0.15, 0.2) is 0 Å². The van der Waals surface area contributed by atoms with Crippen LogP contribution in [-0.2, 0) is 19.0 Å². The molecule has 1 aliphatic heterocycles. The second-order valence-electron chi connectivity index (χ2n) is 8.93. The van der Waals surface area contributed by atoms with E-state index in [9.17, 15) is 4.79 Å². The van der Waals surface area contributed by atoms with E-state index < -0.39 is 0 Å². The highest BCUT2D eigenvalue weighted by Crippen LogP contribution is 2.22. The molecule has 6 heteroatoms. The summed E-state index contributed by atoms with van der Waals surface area (Å²) in [6.45, 7) is 22.3. The van der Waals surface area contributed by atoms with E-state index in [1.54, 1.807) is 19.3 Å². The molecule has 1 amide bonds. The lowest BCUT2D eigenvalue weighted by atomic mass is 9.93. The average molecular weight is 443 g/mol. The lowest BCUT2D eigenvalue weighted by molar-refractivity contribution is -0.129. The largest absolute Gasteiger partial charge is 0.379 e. The molecule has 4 atom stereocenters. The molecular formula is C25H50N2O4. The molecule has 0 aliphatic carbocycles. The van der Waals surface area contributed by atoms with Crippen LogP contribution < -0.4 is 10.6 Å². The second kappa shape index (κ2) is 16.2. The number of nitrogens with one attached hydrogen (secondary N) is 2. The monoisotopic (exact) mass is 442 g/mol. The Bertz CT molecular complexity index is 565. The van der Waals surface area contributed by atoms with Crippen molar-refractivity contribution >= 4 is 5.91 Å². The molecule has 1 unspecified atom stereocenters. The van der Waals surface area contributed by atoms with Gasteiger partial charge in [-0.2, -0.15) is 0 Å². The van der Waals surface area contributed by atoms with Crippen molar-refractivity contribution in [1.29, 1.82) is 0 Å². The minimum Gasteiger partial charge on any atom is -0.379 e. The van der Waals surface area contributed by atoms with Crippen LogP contribution >= 0.6 is 0 Å². The van der Waals surface area contributed by atoms with Gasteiger partial charge in [0.1, 0.15) is 6.79 Å². The number of methoxy groups -OCH3 is 1. The number of ether oxygens (including phenoxy) is 3. The number of carbonyl (C=O) groups is 1. The molecule has 0 aromatic carbocycles. The quantitative estimate of drug-likeness (QED) is 0.260. The van der Waals surface area contributed by atoms with Crippen molar-refractivity contribution in [3.05, 3.63) is 37.0 Å². The molecule has 0 aromatic rings. The lowest BCUT2D eigenvalue weighted by Crippen LogP contribution is -2.46. The molecule has 2 N–H and O–H groups in total. The summed E-state index contributed by atoms with van der Waals surface area (Å²) in [6.07, 6.45) is 7.15. The molecule has 0 spiro atoms. The topological polar surface area (TPSA) is 68.8 Å². The standard InChI is InChI=1S/C18H30N2O2.C7H16O2.2H2/c1-6-8-15(7-2)9-10-19-18(21)14(4)17(22-5)16-11-13(3)12-20-16;1-5-8-6-9-7(2,3)4;;/h6-8,13-14,16-17,20H,1-2,9-12H2,3-5H3,(H,19,21);5-6H2,1-4H3;2*1H/b15-8+;;;/t13?,14-,16+,17-;;;/m1.../s1. The first-order valence-corrected chi connectivity index (χ1v) is 11.3. The molecule has 0 aromatic heterocycles. The number of carbonyl (C=O) groups excluding carboxylic acids is 1. The van der Waals surface area contributed by atoms with E-state index in [-0.39, 0.29) is 32.4 Å². The number of rotatable bonds is 12. The smallest absolute Gasteiger partial charge is 0.225 e. The van der Waals surface area contributed by atoms with Crippen LogP contribution in [0.3, 0.4) is 0 Å². The third-order valence-corrected chi connectivity index (χ3v) is 5.05. The highest BCUT2D eigenvalue weighted by molar-refractivity contribution is 5.79. The summed E-state index contributed by atoms with van der Waals surface area (Å²) in [7, 11) is 1.68. The van der Waals surface area contributed by atoms with Gasteiger partial charge in [0.25, 0.3) is 0 Å². The van der Waals surface area contributed by atoms with E-state index in [0.29, 0.717) is 19.3 Å². The fourth-order valence-electron chi connectivity index (χ4n) is 3.27. The maximum atomic E-state index is 12.3.